The van der Waals surface area contributed by atoms with Gasteiger partial charge in [0.15, 0.2) is 0 Å². The van der Waals surface area contributed by atoms with Crippen molar-refractivity contribution in [2.45, 2.75) is 33.1 Å². The molecule has 24 heavy (non-hydrogen) atoms. The van der Waals surface area contributed by atoms with Gasteiger partial charge in [-0.05, 0) is 42.2 Å². The molecule has 0 spiro atoms. The van der Waals surface area contributed by atoms with E-state index in [1.165, 1.54) is 12.8 Å². The first kappa shape index (κ1) is 15.5. The zero-order valence-electron chi connectivity index (χ0n) is 14.3. The number of hydrogen-bond acceptors (Lipinski definition) is 5. The van der Waals surface area contributed by atoms with Crippen LogP contribution in [0.1, 0.15) is 32.6 Å². The molecule has 1 fully saturated rings. The van der Waals surface area contributed by atoms with Crippen LogP contribution in [0.2, 0.25) is 0 Å². The molecular formula is C19H24N4O. The van der Waals surface area contributed by atoms with E-state index < -0.39 is 0 Å². The normalized spacial score (nSPS) is 24.3. The van der Waals surface area contributed by atoms with E-state index in [1.54, 1.807) is 11.8 Å². The van der Waals surface area contributed by atoms with Crippen molar-refractivity contribution < 1.29 is 4.52 Å². The molecule has 0 unspecified atom stereocenters. The minimum absolute atomic E-state index is 0.496. The number of aromatic nitrogens is 3. The second-order valence-electron chi connectivity index (χ2n) is 7.47. The van der Waals surface area contributed by atoms with Gasteiger partial charge in [-0.3, -0.25) is 4.98 Å². The SMILES string of the molecule is CC1(C)[C@H]2CC=C(CNCCc3nc(-c4ccccn4)no3)[C@@H]1C2. The van der Waals surface area contributed by atoms with E-state index >= 15 is 0 Å². The van der Waals surface area contributed by atoms with Gasteiger partial charge in [-0.1, -0.05) is 36.7 Å². The lowest BCUT2D eigenvalue weighted by Crippen LogP contribution is -2.49. The third-order valence-corrected chi connectivity index (χ3v) is 5.79. The summed E-state index contributed by atoms with van der Waals surface area (Å²) in [4.78, 5) is 8.65. The van der Waals surface area contributed by atoms with Crippen molar-refractivity contribution in [1.82, 2.24) is 20.4 Å². The smallest absolute Gasteiger partial charge is 0.228 e. The summed E-state index contributed by atoms with van der Waals surface area (Å²) in [5, 5.41) is 7.54. The van der Waals surface area contributed by atoms with E-state index in [1.807, 2.05) is 18.2 Å². The maximum Gasteiger partial charge on any atom is 0.228 e. The molecule has 5 nitrogen and oxygen atoms in total. The van der Waals surface area contributed by atoms with E-state index in [2.05, 4.69) is 40.4 Å². The molecule has 126 valence electrons. The van der Waals surface area contributed by atoms with Gasteiger partial charge in [0.25, 0.3) is 0 Å². The van der Waals surface area contributed by atoms with Crippen LogP contribution in [0.4, 0.5) is 0 Å². The zero-order chi connectivity index (χ0) is 16.6. The Morgan fingerprint density at radius 2 is 2.25 bits per heavy atom. The molecule has 0 radical (unpaired) electrons. The van der Waals surface area contributed by atoms with Crippen LogP contribution in [0.5, 0.6) is 0 Å². The van der Waals surface area contributed by atoms with E-state index in [9.17, 15) is 0 Å². The highest BCUT2D eigenvalue weighted by Gasteiger charge is 2.50. The Morgan fingerprint density at radius 3 is 3.00 bits per heavy atom. The topological polar surface area (TPSA) is 63.8 Å². The average molecular weight is 324 g/mol. The van der Waals surface area contributed by atoms with Crippen molar-refractivity contribution in [2.75, 3.05) is 13.1 Å². The molecular weight excluding hydrogens is 300 g/mol. The number of fused-ring (bicyclic) bond motifs is 1. The highest BCUT2D eigenvalue weighted by molar-refractivity contribution is 5.46. The van der Waals surface area contributed by atoms with Gasteiger partial charge in [-0.25, -0.2) is 0 Å². The minimum Gasteiger partial charge on any atom is -0.339 e. The highest BCUT2D eigenvalue weighted by atomic mass is 16.5. The summed E-state index contributed by atoms with van der Waals surface area (Å²) < 4.78 is 5.32. The number of hydrogen-bond donors (Lipinski definition) is 1. The first-order chi connectivity index (χ1) is 11.6. The Kier molecular flexibility index (Phi) is 3.96. The van der Waals surface area contributed by atoms with Crippen LogP contribution < -0.4 is 5.32 Å². The zero-order valence-corrected chi connectivity index (χ0v) is 14.3. The summed E-state index contributed by atoms with van der Waals surface area (Å²) in [6, 6.07) is 5.68. The Hall–Kier alpha value is -2.01. The highest BCUT2D eigenvalue weighted by Crippen LogP contribution is 2.58. The van der Waals surface area contributed by atoms with Gasteiger partial charge in [-0.2, -0.15) is 4.98 Å². The third-order valence-electron chi connectivity index (χ3n) is 5.79. The quantitative estimate of drug-likeness (QED) is 0.653. The van der Waals surface area contributed by atoms with Crippen molar-refractivity contribution in [3.05, 3.63) is 41.9 Å². The number of nitrogens with zero attached hydrogens (tertiary/aromatic N) is 3. The number of allylic oxidation sites excluding steroid dienone is 1. The van der Waals surface area contributed by atoms with Crippen LogP contribution in [0.3, 0.4) is 0 Å². The van der Waals surface area contributed by atoms with E-state index in [4.69, 9.17) is 4.52 Å². The number of nitrogens with one attached hydrogen (secondary N) is 1. The molecule has 0 aromatic carbocycles. The maximum absolute atomic E-state index is 5.32. The fraction of sp³-hybridized carbons (Fsp3) is 0.526. The first-order valence-corrected chi connectivity index (χ1v) is 8.78. The molecule has 0 saturated heterocycles. The lowest BCUT2D eigenvalue weighted by atomic mass is 9.49. The minimum atomic E-state index is 0.496. The fourth-order valence-corrected chi connectivity index (χ4v) is 4.06. The molecule has 3 aliphatic carbocycles. The Bertz CT molecular complexity index is 735. The lowest BCUT2D eigenvalue weighted by molar-refractivity contribution is -0.00734. The molecule has 2 bridgehead atoms. The summed E-state index contributed by atoms with van der Waals surface area (Å²) >= 11 is 0. The van der Waals surface area contributed by atoms with Gasteiger partial charge in [0.05, 0.1) is 0 Å². The summed E-state index contributed by atoms with van der Waals surface area (Å²) in [6.45, 7) is 6.65. The summed E-state index contributed by atoms with van der Waals surface area (Å²) in [5.41, 5.74) is 2.83. The van der Waals surface area contributed by atoms with Crippen molar-refractivity contribution in [2.24, 2.45) is 17.3 Å². The molecule has 0 amide bonds. The summed E-state index contributed by atoms with van der Waals surface area (Å²) in [6.07, 6.45) is 7.54. The van der Waals surface area contributed by atoms with Crippen LogP contribution >= 0.6 is 0 Å². The fourth-order valence-electron chi connectivity index (χ4n) is 4.06. The molecule has 1 saturated carbocycles. The van der Waals surface area contributed by atoms with Crippen molar-refractivity contribution >= 4 is 0 Å². The lowest BCUT2D eigenvalue weighted by Gasteiger charge is -2.56. The van der Waals surface area contributed by atoms with Crippen molar-refractivity contribution in [3.63, 3.8) is 0 Å². The van der Waals surface area contributed by atoms with E-state index in [0.29, 0.717) is 17.1 Å². The van der Waals surface area contributed by atoms with Gasteiger partial charge >= 0.3 is 0 Å². The van der Waals surface area contributed by atoms with Gasteiger partial charge in [0.2, 0.25) is 11.7 Å². The largest absolute Gasteiger partial charge is 0.339 e. The molecule has 2 aromatic heterocycles. The second-order valence-corrected chi connectivity index (χ2v) is 7.47. The third kappa shape index (κ3) is 2.77. The van der Waals surface area contributed by atoms with Crippen molar-refractivity contribution in [3.8, 4) is 11.5 Å². The number of pyridine rings is 1. The van der Waals surface area contributed by atoms with E-state index in [0.717, 1.165) is 37.0 Å². The molecule has 2 heterocycles. The van der Waals surface area contributed by atoms with Gasteiger partial charge in [0, 0.05) is 25.7 Å². The molecule has 3 aliphatic rings. The van der Waals surface area contributed by atoms with Crippen LogP contribution in [-0.2, 0) is 6.42 Å². The summed E-state index contributed by atoms with van der Waals surface area (Å²) in [5.74, 6) is 2.88. The van der Waals surface area contributed by atoms with Gasteiger partial charge in [0.1, 0.15) is 5.69 Å². The molecule has 5 rings (SSSR count). The predicted octanol–water partition coefficient (Wildman–Crippen LogP) is 3.26. The Morgan fingerprint density at radius 1 is 1.33 bits per heavy atom. The molecule has 1 N–H and O–H groups in total. The molecule has 0 aliphatic heterocycles. The predicted molar refractivity (Wildman–Crippen MR) is 92.2 cm³/mol. The van der Waals surface area contributed by atoms with Gasteiger partial charge in [-0.15, -0.1) is 0 Å². The summed E-state index contributed by atoms with van der Waals surface area (Å²) in [7, 11) is 0. The van der Waals surface area contributed by atoms with Crippen LogP contribution in [0, 0.1) is 17.3 Å². The van der Waals surface area contributed by atoms with Gasteiger partial charge < -0.3 is 9.84 Å². The van der Waals surface area contributed by atoms with Crippen molar-refractivity contribution in [1.29, 1.82) is 0 Å². The monoisotopic (exact) mass is 324 g/mol. The van der Waals surface area contributed by atoms with Crippen LogP contribution in [0.15, 0.2) is 40.6 Å². The Labute approximate surface area is 142 Å². The second kappa shape index (κ2) is 6.13. The van der Waals surface area contributed by atoms with Crippen LogP contribution in [0.25, 0.3) is 11.5 Å². The average Bonchev–Trinajstić information content (AvgIpc) is 3.08. The molecule has 2 atom stereocenters. The first-order valence-electron chi connectivity index (χ1n) is 8.78. The molecule has 5 heteroatoms. The van der Waals surface area contributed by atoms with Crippen LogP contribution in [-0.4, -0.2) is 28.2 Å². The molecule has 2 aromatic rings. The van der Waals surface area contributed by atoms with E-state index in [-0.39, 0.29) is 0 Å². The standard InChI is InChI=1S/C19H24N4O/c1-19(2)14-7-6-13(15(19)11-14)12-20-10-8-17-22-18(23-24-17)16-5-3-4-9-21-16/h3-6,9,14-15,20H,7-8,10-12H2,1-2H3/t14-,15-/m0/s1. The Balaban J connectivity index is 1.27. The number of rotatable bonds is 6. The maximum atomic E-state index is 5.32.